The van der Waals surface area contributed by atoms with E-state index in [1.165, 1.54) is 5.56 Å². The Morgan fingerprint density at radius 2 is 1.65 bits per heavy atom. The molecule has 140 valence electrons. The van der Waals surface area contributed by atoms with Crippen molar-refractivity contribution in [3.8, 4) is 11.5 Å². The molecule has 0 bridgehead atoms. The highest BCUT2D eigenvalue weighted by Crippen LogP contribution is 2.28. The maximum absolute atomic E-state index is 10.6. The average molecular weight is 356 g/mol. The van der Waals surface area contributed by atoms with Crippen molar-refractivity contribution >= 4 is 5.97 Å². The fourth-order valence-electron chi connectivity index (χ4n) is 2.57. The van der Waals surface area contributed by atoms with Gasteiger partial charge in [-0.15, -0.1) is 0 Å². The number of hydrogen-bond donors (Lipinski definition) is 1. The van der Waals surface area contributed by atoms with E-state index in [4.69, 9.17) is 14.6 Å². The van der Waals surface area contributed by atoms with Crippen molar-refractivity contribution in [1.29, 1.82) is 0 Å². The summed E-state index contributed by atoms with van der Waals surface area (Å²) >= 11 is 0. The number of aryl methyl sites for hydroxylation is 1. The third-order valence-electron chi connectivity index (χ3n) is 4.67. The zero-order valence-corrected chi connectivity index (χ0v) is 15.8. The maximum atomic E-state index is 10.6. The zero-order chi connectivity index (χ0) is 19.0. The molecule has 1 N–H and O–H groups in total. The molecule has 2 rings (SSSR count). The van der Waals surface area contributed by atoms with E-state index < -0.39 is 5.97 Å². The standard InChI is InChI=1S/C22H28O4/c1-4-22(2,3)18-9-11-19(12-10-18)25-14-15-26-20-7-5-6-17(16-20)8-13-21(23)24/h5-7,9-12,16H,4,8,13-15H2,1-3H3,(H,23,24). The van der Waals surface area contributed by atoms with Gasteiger partial charge in [0.2, 0.25) is 0 Å². The molecule has 2 aromatic rings. The number of benzene rings is 2. The third kappa shape index (κ3) is 6.10. The predicted octanol–water partition coefficient (Wildman–Crippen LogP) is 4.85. The predicted molar refractivity (Wildman–Crippen MR) is 103 cm³/mol. The number of rotatable bonds is 10. The van der Waals surface area contributed by atoms with Crippen molar-refractivity contribution in [2.75, 3.05) is 13.2 Å². The minimum absolute atomic E-state index is 0.122. The molecule has 0 atom stereocenters. The van der Waals surface area contributed by atoms with Crippen LogP contribution in [0.2, 0.25) is 0 Å². The van der Waals surface area contributed by atoms with Crippen LogP contribution in [-0.4, -0.2) is 24.3 Å². The smallest absolute Gasteiger partial charge is 0.303 e. The Morgan fingerprint density at radius 3 is 2.27 bits per heavy atom. The van der Waals surface area contributed by atoms with Gasteiger partial charge >= 0.3 is 5.97 Å². The lowest BCUT2D eigenvalue weighted by Crippen LogP contribution is -2.15. The van der Waals surface area contributed by atoms with Crippen molar-refractivity contribution in [2.24, 2.45) is 0 Å². The van der Waals surface area contributed by atoms with Gasteiger partial charge in [0.1, 0.15) is 24.7 Å². The number of carboxylic acid groups (broad SMARTS) is 1. The molecule has 0 unspecified atom stereocenters. The summed E-state index contributed by atoms with van der Waals surface area (Å²) in [5.74, 6) is 0.772. The van der Waals surface area contributed by atoms with Crippen molar-refractivity contribution in [1.82, 2.24) is 0 Å². The van der Waals surface area contributed by atoms with Crippen molar-refractivity contribution in [3.63, 3.8) is 0 Å². The zero-order valence-electron chi connectivity index (χ0n) is 15.8. The summed E-state index contributed by atoms with van der Waals surface area (Å²) < 4.78 is 11.4. The number of hydrogen-bond acceptors (Lipinski definition) is 3. The van der Waals surface area contributed by atoms with Gasteiger partial charge in [-0.25, -0.2) is 0 Å². The number of carbonyl (C=O) groups is 1. The lowest BCUT2D eigenvalue weighted by atomic mass is 9.82. The maximum Gasteiger partial charge on any atom is 0.303 e. The van der Waals surface area contributed by atoms with E-state index in [9.17, 15) is 4.79 Å². The molecule has 0 saturated heterocycles. The molecule has 0 aliphatic heterocycles. The second-order valence-electron chi connectivity index (χ2n) is 7.00. The summed E-state index contributed by atoms with van der Waals surface area (Å²) in [6, 6.07) is 15.8. The fourth-order valence-corrected chi connectivity index (χ4v) is 2.57. The first-order valence-electron chi connectivity index (χ1n) is 9.07. The number of ether oxygens (including phenoxy) is 2. The Kier molecular flexibility index (Phi) is 7.07. The molecule has 0 aliphatic carbocycles. The van der Waals surface area contributed by atoms with Gasteiger partial charge in [-0.2, -0.15) is 0 Å². The summed E-state index contributed by atoms with van der Waals surface area (Å²) in [7, 11) is 0. The van der Waals surface area contributed by atoms with Crippen LogP contribution in [-0.2, 0) is 16.6 Å². The Morgan fingerprint density at radius 1 is 1.00 bits per heavy atom. The van der Waals surface area contributed by atoms with Gasteiger partial charge in [-0.1, -0.05) is 45.0 Å². The van der Waals surface area contributed by atoms with E-state index >= 15 is 0 Å². The van der Waals surface area contributed by atoms with Crippen LogP contribution in [0, 0.1) is 0 Å². The molecule has 0 radical (unpaired) electrons. The molecular weight excluding hydrogens is 328 g/mol. The average Bonchev–Trinajstić information content (AvgIpc) is 2.64. The molecule has 0 spiro atoms. The van der Waals surface area contributed by atoms with E-state index in [0.717, 1.165) is 23.5 Å². The summed E-state index contributed by atoms with van der Waals surface area (Å²) in [5, 5.41) is 8.75. The Hall–Kier alpha value is -2.49. The summed E-state index contributed by atoms with van der Waals surface area (Å²) in [6.45, 7) is 7.56. The monoisotopic (exact) mass is 356 g/mol. The molecule has 0 saturated carbocycles. The first kappa shape index (κ1) is 19.8. The molecule has 0 heterocycles. The Labute approximate surface area is 155 Å². The molecule has 4 heteroatoms. The molecule has 0 aliphatic rings. The van der Waals surface area contributed by atoms with E-state index in [1.807, 2.05) is 36.4 Å². The third-order valence-corrected chi connectivity index (χ3v) is 4.67. The van der Waals surface area contributed by atoms with Crippen LogP contribution >= 0.6 is 0 Å². The molecule has 0 amide bonds. The minimum atomic E-state index is -0.793. The van der Waals surface area contributed by atoms with Gasteiger partial charge in [-0.3, -0.25) is 4.79 Å². The SMILES string of the molecule is CCC(C)(C)c1ccc(OCCOc2cccc(CCC(=O)O)c2)cc1. The first-order valence-corrected chi connectivity index (χ1v) is 9.07. The van der Waals surface area contributed by atoms with Gasteiger partial charge < -0.3 is 14.6 Å². The van der Waals surface area contributed by atoms with Crippen LogP contribution < -0.4 is 9.47 Å². The van der Waals surface area contributed by atoms with Crippen LogP contribution in [0.3, 0.4) is 0 Å². The number of carboxylic acids is 1. The van der Waals surface area contributed by atoms with E-state index in [1.54, 1.807) is 0 Å². The van der Waals surface area contributed by atoms with E-state index in [0.29, 0.717) is 19.6 Å². The molecule has 0 aromatic heterocycles. The van der Waals surface area contributed by atoms with Crippen molar-refractivity contribution in [3.05, 3.63) is 59.7 Å². The van der Waals surface area contributed by atoms with Gasteiger partial charge in [-0.05, 0) is 53.6 Å². The van der Waals surface area contributed by atoms with Crippen molar-refractivity contribution in [2.45, 2.75) is 45.4 Å². The molecular formula is C22H28O4. The van der Waals surface area contributed by atoms with Crippen LogP contribution in [0.25, 0.3) is 0 Å². The van der Waals surface area contributed by atoms with Gasteiger partial charge in [0.05, 0.1) is 0 Å². The molecule has 2 aromatic carbocycles. The first-order chi connectivity index (χ1) is 12.4. The Bertz CT molecular complexity index is 704. The van der Waals surface area contributed by atoms with E-state index in [2.05, 4.69) is 32.9 Å². The lowest BCUT2D eigenvalue weighted by molar-refractivity contribution is -0.136. The largest absolute Gasteiger partial charge is 0.490 e. The van der Waals surface area contributed by atoms with Gasteiger partial charge in [0.25, 0.3) is 0 Å². The van der Waals surface area contributed by atoms with Crippen LogP contribution in [0.15, 0.2) is 48.5 Å². The number of aliphatic carboxylic acids is 1. The van der Waals surface area contributed by atoms with Crippen LogP contribution in [0.4, 0.5) is 0 Å². The normalized spacial score (nSPS) is 11.2. The molecule has 4 nitrogen and oxygen atoms in total. The Balaban J connectivity index is 1.78. The second kappa shape index (κ2) is 9.27. The minimum Gasteiger partial charge on any atom is -0.490 e. The lowest BCUT2D eigenvalue weighted by Gasteiger charge is -2.23. The fraction of sp³-hybridized carbons (Fsp3) is 0.409. The highest BCUT2D eigenvalue weighted by molar-refractivity contribution is 5.67. The van der Waals surface area contributed by atoms with Gasteiger partial charge in [0.15, 0.2) is 0 Å². The topological polar surface area (TPSA) is 55.8 Å². The van der Waals surface area contributed by atoms with Gasteiger partial charge in [0, 0.05) is 6.42 Å². The van der Waals surface area contributed by atoms with Crippen LogP contribution in [0.1, 0.15) is 44.7 Å². The quantitative estimate of drug-likeness (QED) is 0.618. The molecule has 0 fully saturated rings. The highest BCUT2D eigenvalue weighted by Gasteiger charge is 2.17. The highest BCUT2D eigenvalue weighted by atomic mass is 16.5. The van der Waals surface area contributed by atoms with Crippen LogP contribution in [0.5, 0.6) is 11.5 Å². The van der Waals surface area contributed by atoms with Crippen molar-refractivity contribution < 1.29 is 19.4 Å². The second-order valence-corrected chi connectivity index (χ2v) is 7.00. The summed E-state index contributed by atoms with van der Waals surface area (Å²) in [6.07, 6.45) is 1.72. The summed E-state index contributed by atoms with van der Waals surface area (Å²) in [5.41, 5.74) is 2.44. The molecule has 26 heavy (non-hydrogen) atoms. The summed E-state index contributed by atoms with van der Waals surface area (Å²) in [4.78, 5) is 10.6. The van der Waals surface area contributed by atoms with E-state index in [-0.39, 0.29) is 11.8 Å².